The normalized spacial score (nSPS) is 34.0. The van der Waals surface area contributed by atoms with Crippen molar-refractivity contribution in [3.05, 3.63) is 83.9 Å². The van der Waals surface area contributed by atoms with E-state index in [1.54, 1.807) is 48.5 Å². The first-order chi connectivity index (χ1) is 21.9. The van der Waals surface area contributed by atoms with Crippen molar-refractivity contribution in [2.75, 3.05) is 39.6 Å². The van der Waals surface area contributed by atoms with E-state index >= 15 is 0 Å². The minimum absolute atomic E-state index is 0.103. The molecule has 0 N–H and O–H groups in total. The molecule has 0 amide bonds. The first-order valence-corrected chi connectivity index (χ1v) is 15.4. The summed E-state index contributed by atoms with van der Waals surface area (Å²) in [5.41, 5.74) is 1.60. The van der Waals surface area contributed by atoms with Gasteiger partial charge in [0.1, 0.15) is 0 Å². The van der Waals surface area contributed by atoms with Gasteiger partial charge in [-0.1, -0.05) is 72.8 Å². The van der Waals surface area contributed by atoms with Crippen LogP contribution in [0.15, 0.2) is 72.8 Å². The third kappa shape index (κ3) is 6.73. The summed E-state index contributed by atoms with van der Waals surface area (Å²) >= 11 is 0. The first kappa shape index (κ1) is 33.4. The number of benzene rings is 2. The standard InChI is InChI=1S/C34H36F8O4/c35-31(36)23(27(31)29-25(33(29,39)40)19-45-15-21-9-3-1-4-10-21)17-43-13-7-8-14-44-18-24-28(32(24,37)38)30-26(34(30,41)42)20-46-16-22-11-5-2-6-12-22/h1-12,23-30H,13-20H2/b8-7+/t23-,24+,25-,26-,27+,28-,29+,30+/m1/s1. The number of ether oxygens (including phenoxy) is 4. The second-order valence-electron chi connectivity index (χ2n) is 12.8. The molecule has 0 aliphatic heterocycles. The van der Waals surface area contributed by atoms with Crippen molar-refractivity contribution in [3.63, 3.8) is 0 Å². The highest BCUT2D eigenvalue weighted by Gasteiger charge is 2.85. The Bertz CT molecular complexity index is 1240. The van der Waals surface area contributed by atoms with Crippen molar-refractivity contribution in [2.45, 2.75) is 36.9 Å². The highest BCUT2D eigenvalue weighted by molar-refractivity contribution is 5.22. The van der Waals surface area contributed by atoms with Crippen LogP contribution in [0.1, 0.15) is 11.1 Å². The van der Waals surface area contributed by atoms with E-state index in [-0.39, 0.29) is 39.6 Å². The lowest BCUT2D eigenvalue weighted by Gasteiger charge is -2.03. The molecule has 0 saturated heterocycles. The minimum Gasteiger partial charge on any atom is -0.377 e. The van der Waals surface area contributed by atoms with Gasteiger partial charge in [-0.05, 0) is 11.1 Å². The molecule has 4 saturated carbocycles. The third-order valence-electron chi connectivity index (χ3n) is 9.83. The molecular formula is C34H36F8O4. The quantitative estimate of drug-likeness (QED) is 0.0942. The SMILES string of the molecule is FC1(F)[C@H]([C@@H]2[C@@H](COCc3ccccc3)C2(F)F)[C@H]1COC/C=C/COC[C@H]1[C@H]([C@@H]2[C@@H](COCc3ccccc3)C2(F)F)C1(F)F. The zero-order valence-electron chi connectivity index (χ0n) is 24.9. The maximum absolute atomic E-state index is 14.4. The summed E-state index contributed by atoms with van der Waals surface area (Å²) < 4.78 is 136. The second-order valence-corrected chi connectivity index (χ2v) is 12.8. The molecule has 6 rings (SSSR count). The molecule has 8 atom stereocenters. The average molecular weight is 661 g/mol. The van der Waals surface area contributed by atoms with Gasteiger partial charge in [-0.25, -0.2) is 35.1 Å². The van der Waals surface area contributed by atoms with Crippen molar-refractivity contribution in [1.82, 2.24) is 0 Å². The molecule has 2 aromatic rings. The largest absolute Gasteiger partial charge is 0.377 e. The number of halogens is 8. The molecule has 252 valence electrons. The van der Waals surface area contributed by atoms with Gasteiger partial charge in [0.25, 0.3) is 23.7 Å². The van der Waals surface area contributed by atoms with Crippen LogP contribution in [-0.2, 0) is 32.2 Å². The van der Waals surface area contributed by atoms with Crippen LogP contribution in [0, 0.1) is 47.3 Å². The van der Waals surface area contributed by atoms with Crippen molar-refractivity contribution in [3.8, 4) is 0 Å². The van der Waals surface area contributed by atoms with Gasteiger partial charge in [0.15, 0.2) is 0 Å². The predicted molar refractivity (Wildman–Crippen MR) is 151 cm³/mol. The number of hydrogen-bond donors (Lipinski definition) is 0. The van der Waals surface area contributed by atoms with E-state index < -0.39 is 84.2 Å². The molecule has 12 heteroatoms. The van der Waals surface area contributed by atoms with E-state index in [2.05, 4.69) is 0 Å². The fourth-order valence-corrected chi connectivity index (χ4v) is 6.90. The fourth-order valence-electron chi connectivity index (χ4n) is 6.90. The zero-order valence-corrected chi connectivity index (χ0v) is 24.9. The minimum atomic E-state index is -3.26. The molecule has 46 heavy (non-hydrogen) atoms. The first-order valence-electron chi connectivity index (χ1n) is 15.4. The van der Waals surface area contributed by atoms with Crippen molar-refractivity contribution < 1.29 is 54.1 Å². The summed E-state index contributed by atoms with van der Waals surface area (Å²) in [6.45, 7) is -1.40. The lowest BCUT2D eigenvalue weighted by atomic mass is 10.2. The number of alkyl halides is 8. The van der Waals surface area contributed by atoms with Gasteiger partial charge in [-0.2, -0.15) is 0 Å². The summed E-state index contributed by atoms with van der Waals surface area (Å²) in [6, 6.07) is 17.9. The van der Waals surface area contributed by atoms with E-state index in [1.165, 1.54) is 12.2 Å². The van der Waals surface area contributed by atoms with Crippen LogP contribution >= 0.6 is 0 Å². The van der Waals surface area contributed by atoms with Crippen LogP contribution in [0.3, 0.4) is 0 Å². The van der Waals surface area contributed by atoms with Gasteiger partial charge >= 0.3 is 0 Å². The lowest BCUT2D eigenvalue weighted by molar-refractivity contribution is 0.0367. The maximum atomic E-state index is 14.4. The van der Waals surface area contributed by atoms with Gasteiger partial charge in [0, 0.05) is 23.7 Å². The van der Waals surface area contributed by atoms with Gasteiger partial charge in [-0.15, -0.1) is 0 Å². The Morgan fingerprint density at radius 2 is 0.717 bits per heavy atom. The summed E-state index contributed by atoms with van der Waals surface area (Å²) in [6.07, 6.45) is 2.89. The van der Waals surface area contributed by atoms with Crippen LogP contribution in [0.2, 0.25) is 0 Å². The Labute approximate surface area is 262 Å². The number of rotatable bonds is 18. The Balaban J connectivity index is 0.853. The Kier molecular flexibility index (Phi) is 9.30. The summed E-state index contributed by atoms with van der Waals surface area (Å²) in [5.74, 6) is -24.0. The van der Waals surface area contributed by atoms with E-state index in [1.807, 2.05) is 12.1 Å². The molecule has 0 radical (unpaired) electrons. The molecule has 0 aromatic heterocycles. The third-order valence-corrected chi connectivity index (χ3v) is 9.83. The molecule has 4 fully saturated rings. The lowest BCUT2D eigenvalue weighted by Crippen LogP contribution is -2.04. The Morgan fingerprint density at radius 3 is 1.02 bits per heavy atom. The summed E-state index contributed by atoms with van der Waals surface area (Å²) in [5, 5.41) is 0. The van der Waals surface area contributed by atoms with Crippen LogP contribution in [0.5, 0.6) is 0 Å². The van der Waals surface area contributed by atoms with E-state index in [9.17, 15) is 35.1 Å². The molecule has 2 aromatic carbocycles. The van der Waals surface area contributed by atoms with Gasteiger partial charge in [0.05, 0.1) is 76.5 Å². The predicted octanol–water partition coefficient (Wildman–Crippen LogP) is 7.53. The Hall–Kier alpha value is -2.54. The van der Waals surface area contributed by atoms with E-state index in [4.69, 9.17) is 18.9 Å². The average Bonchev–Trinajstić information content (AvgIpc) is 3.96. The molecule has 0 bridgehead atoms. The summed E-state index contributed by atoms with van der Waals surface area (Å²) in [4.78, 5) is 0. The van der Waals surface area contributed by atoms with Crippen molar-refractivity contribution in [2.24, 2.45) is 47.3 Å². The molecule has 0 unspecified atom stereocenters. The zero-order chi connectivity index (χ0) is 32.7. The molecule has 0 spiro atoms. The number of hydrogen-bond acceptors (Lipinski definition) is 4. The smallest absolute Gasteiger partial charge is 0.257 e. The molecule has 4 aliphatic rings. The van der Waals surface area contributed by atoms with Crippen LogP contribution < -0.4 is 0 Å². The van der Waals surface area contributed by atoms with Crippen LogP contribution in [0.25, 0.3) is 0 Å². The van der Waals surface area contributed by atoms with Crippen LogP contribution in [-0.4, -0.2) is 63.3 Å². The van der Waals surface area contributed by atoms with Crippen LogP contribution in [0.4, 0.5) is 35.1 Å². The molecule has 4 aliphatic carbocycles. The Morgan fingerprint density at radius 1 is 0.435 bits per heavy atom. The monoisotopic (exact) mass is 660 g/mol. The van der Waals surface area contributed by atoms with Crippen molar-refractivity contribution in [1.29, 1.82) is 0 Å². The highest BCUT2D eigenvalue weighted by atomic mass is 19.3. The summed E-state index contributed by atoms with van der Waals surface area (Å²) in [7, 11) is 0. The second kappa shape index (κ2) is 12.8. The molecular weight excluding hydrogens is 624 g/mol. The van der Waals surface area contributed by atoms with Crippen molar-refractivity contribution >= 4 is 0 Å². The van der Waals surface area contributed by atoms with E-state index in [0.29, 0.717) is 0 Å². The molecule has 4 nitrogen and oxygen atoms in total. The van der Waals surface area contributed by atoms with E-state index in [0.717, 1.165) is 11.1 Å². The maximum Gasteiger partial charge on any atom is 0.257 e. The topological polar surface area (TPSA) is 36.9 Å². The molecule has 0 heterocycles. The van der Waals surface area contributed by atoms with Gasteiger partial charge < -0.3 is 18.9 Å². The highest BCUT2D eigenvalue weighted by Crippen LogP contribution is 2.73. The fraction of sp³-hybridized carbons (Fsp3) is 0.588. The van der Waals surface area contributed by atoms with Gasteiger partial charge in [-0.3, -0.25) is 0 Å². The van der Waals surface area contributed by atoms with Gasteiger partial charge in [0.2, 0.25) is 0 Å².